The minimum absolute atomic E-state index is 0. The second-order valence-corrected chi connectivity index (χ2v) is 6.82. The predicted octanol–water partition coefficient (Wildman–Crippen LogP) is 3.57. The summed E-state index contributed by atoms with van der Waals surface area (Å²) in [6, 6.07) is 3.70. The van der Waals surface area contributed by atoms with Gasteiger partial charge in [-0.25, -0.2) is 9.37 Å². The molecule has 31 heavy (non-hydrogen) atoms. The van der Waals surface area contributed by atoms with Crippen LogP contribution < -0.4 is 10.9 Å². The van der Waals surface area contributed by atoms with Gasteiger partial charge in [0.15, 0.2) is 0 Å². The number of aromatic amines is 1. The molecule has 0 aromatic carbocycles. The number of hydrogen-bond acceptors (Lipinski definition) is 5. The first-order valence-corrected chi connectivity index (χ1v) is 8.96. The van der Waals surface area contributed by atoms with E-state index < -0.39 is 41.6 Å². The molecule has 0 aliphatic rings. The van der Waals surface area contributed by atoms with Crippen LogP contribution >= 0.6 is 0 Å². The summed E-state index contributed by atoms with van der Waals surface area (Å²) in [5.41, 5.74) is -1.75. The number of carbonyl (C=O) groups is 1. The van der Waals surface area contributed by atoms with Gasteiger partial charge in [-0.1, -0.05) is 0 Å². The van der Waals surface area contributed by atoms with Crippen molar-refractivity contribution < 1.29 is 25.2 Å². The normalized spacial score (nSPS) is 12.4. The number of nitriles is 1. The van der Waals surface area contributed by atoms with Crippen molar-refractivity contribution in [1.82, 2.24) is 20.3 Å². The molecule has 11 heteroatoms. The van der Waals surface area contributed by atoms with Crippen LogP contribution in [0.2, 0.25) is 0 Å². The average Bonchev–Trinajstić information content (AvgIpc) is 2.69. The number of alkyl halides is 3. The van der Waals surface area contributed by atoms with Crippen molar-refractivity contribution in [2.45, 2.75) is 32.5 Å². The maximum atomic E-state index is 14.1. The van der Waals surface area contributed by atoms with Gasteiger partial charge >= 0.3 is 6.18 Å². The van der Waals surface area contributed by atoms with Crippen LogP contribution in [0.5, 0.6) is 0 Å². The Hall–Kier alpha value is -3.81. The van der Waals surface area contributed by atoms with Crippen LogP contribution in [0.15, 0.2) is 29.2 Å². The number of nitrogens with one attached hydrogen (secondary N) is 2. The predicted molar refractivity (Wildman–Crippen MR) is 106 cm³/mol. The van der Waals surface area contributed by atoms with E-state index in [0.717, 1.165) is 24.4 Å². The zero-order valence-corrected chi connectivity index (χ0v) is 16.3. The Labute approximate surface area is 175 Å². The maximum absolute atomic E-state index is 14.1. The molecule has 164 valence electrons. The van der Waals surface area contributed by atoms with E-state index in [2.05, 4.69) is 20.3 Å². The number of nitrogens with zero attached hydrogens (tertiary/aromatic N) is 3. The number of halogens is 4. The van der Waals surface area contributed by atoms with Crippen molar-refractivity contribution in [2.75, 3.05) is 0 Å². The summed E-state index contributed by atoms with van der Waals surface area (Å²) in [6.45, 7) is 2.86. The fourth-order valence-electron chi connectivity index (χ4n) is 3.08. The summed E-state index contributed by atoms with van der Waals surface area (Å²) in [7, 11) is 0. The fourth-order valence-corrected chi connectivity index (χ4v) is 3.08. The number of hydrogen-bond donors (Lipinski definition) is 2. The summed E-state index contributed by atoms with van der Waals surface area (Å²) in [4.78, 5) is 34.6. The molecule has 0 saturated carbocycles. The van der Waals surface area contributed by atoms with E-state index in [-0.39, 0.29) is 36.3 Å². The van der Waals surface area contributed by atoms with E-state index in [0.29, 0.717) is 0 Å². The molecule has 1 atom stereocenters. The van der Waals surface area contributed by atoms with Crippen molar-refractivity contribution in [2.24, 2.45) is 0 Å². The Morgan fingerprint density at radius 3 is 2.71 bits per heavy atom. The van der Waals surface area contributed by atoms with Crippen LogP contribution in [0.1, 0.15) is 43.9 Å². The Morgan fingerprint density at radius 1 is 1.39 bits per heavy atom. The summed E-state index contributed by atoms with van der Waals surface area (Å²) >= 11 is 0. The number of H-pyrrole nitrogens is 1. The quantitative estimate of drug-likeness (QED) is 0.606. The van der Waals surface area contributed by atoms with Crippen LogP contribution in [-0.2, 0) is 17.4 Å². The topological polar surface area (TPSA) is 112 Å². The van der Waals surface area contributed by atoms with Crippen molar-refractivity contribution >= 4 is 16.9 Å². The van der Waals surface area contributed by atoms with Crippen LogP contribution in [0.25, 0.3) is 11.0 Å². The van der Waals surface area contributed by atoms with Gasteiger partial charge in [0, 0.05) is 14.6 Å². The number of aromatic nitrogens is 3. The molecular weight excluding hydrogens is 418 g/mol. The SMILES string of the molecule is Cc1c(CC(=O)N[C@H](C)c2ncc(C#N)cc2F)c(=O)[nH]c2ccc(C(F)(F)F)nc12.[HH].[HH]. The molecule has 0 bridgehead atoms. The molecule has 0 fully saturated rings. The molecule has 0 aliphatic heterocycles. The summed E-state index contributed by atoms with van der Waals surface area (Å²) in [5.74, 6) is -1.45. The monoisotopic (exact) mass is 437 g/mol. The smallest absolute Gasteiger partial charge is 0.348 e. The number of amides is 1. The van der Waals surface area contributed by atoms with Gasteiger partial charge < -0.3 is 10.3 Å². The van der Waals surface area contributed by atoms with E-state index >= 15 is 0 Å². The summed E-state index contributed by atoms with van der Waals surface area (Å²) in [6.07, 6.45) is -3.97. The lowest BCUT2D eigenvalue weighted by Crippen LogP contribution is -2.31. The molecular formula is C20H19F4N5O2. The maximum Gasteiger partial charge on any atom is 0.433 e. The summed E-state index contributed by atoms with van der Waals surface area (Å²) in [5, 5.41) is 11.2. The third-order valence-corrected chi connectivity index (χ3v) is 4.64. The highest BCUT2D eigenvalue weighted by Gasteiger charge is 2.33. The average molecular weight is 437 g/mol. The Bertz CT molecular complexity index is 1290. The van der Waals surface area contributed by atoms with Crippen molar-refractivity contribution in [1.29, 1.82) is 5.26 Å². The second kappa shape index (κ2) is 8.14. The van der Waals surface area contributed by atoms with Crippen LogP contribution in [0, 0.1) is 24.1 Å². The first-order valence-electron chi connectivity index (χ1n) is 8.96. The first-order chi connectivity index (χ1) is 14.5. The molecule has 0 spiro atoms. The highest BCUT2D eigenvalue weighted by atomic mass is 19.4. The third-order valence-electron chi connectivity index (χ3n) is 4.64. The van der Waals surface area contributed by atoms with Gasteiger partial charge in [-0.05, 0) is 37.6 Å². The van der Waals surface area contributed by atoms with E-state index in [1.165, 1.54) is 13.8 Å². The second-order valence-electron chi connectivity index (χ2n) is 6.82. The first kappa shape index (κ1) is 21.9. The largest absolute Gasteiger partial charge is 0.433 e. The van der Waals surface area contributed by atoms with Crippen molar-refractivity contribution in [3.05, 3.63) is 68.6 Å². The highest BCUT2D eigenvalue weighted by Crippen LogP contribution is 2.29. The Morgan fingerprint density at radius 2 is 2.10 bits per heavy atom. The zero-order valence-electron chi connectivity index (χ0n) is 16.3. The molecule has 0 aliphatic carbocycles. The molecule has 0 unspecified atom stereocenters. The van der Waals surface area contributed by atoms with Crippen molar-refractivity contribution in [3.8, 4) is 6.07 Å². The van der Waals surface area contributed by atoms with Gasteiger partial charge in [-0.2, -0.15) is 18.4 Å². The lowest BCUT2D eigenvalue weighted by molar-refractivity contribution is -0.141. The minimum Gasteiger partial charge on any atom is -0.348 e. The number of carbonyl (C=O) groups excluding carboxylic acids is 1. The van der Waals surface area contributed by atoms with Gasteiger partial charge in [0.25, 0.3) is 5.56 Å². The molecule has 7 nitrogen and oxygen atoms in total. The van der Waals surface area contributed by atoms with Gasteiger partial charge in [-0.15, -0.1) is 0 Å². The van der Waals surface area contributed by atoms with Gasteiger partial charge in [0.05, 0.1) is 34.8 Å². The zero-order chi connectivity index (χ0) is 22.9. The lowest BCUT2D eigenvalue weighted by atomic mass is 10.0. The number of pyridine rings is 3. The Balaban J connectivity index is 0.00000272. The standard InChI is InChI=1S/C20H15F4N5O2.2H2/c1-9-12(19(31)28-14-3-4-15(20(22,23)24)29-17(9)14)6-16(30)27-10(2)18-13(21)5-11(7-25)8-26-18;;/h3-5,8,10H,6H2,1-2H3,(H,27,30)(H,28,31);2*1H/t10-;;/m1../s1. The minimum atomic E-state index is -4.66. The summed E-state index contributed by atoms with van der Waals surface area (Å²) < 4.78 is 53.0. The van der Waals surface area contributed by atoms with E-state index in [1.807, 2.05) is 0 Å². The third kappa shape index (κ3) is 4.53. The van der Waals surface area contributed by atoms with Gasteiger partial charge in [0.1, 0.15) is 17.6 Å². The molecule has 3 rings (SSSR count). The Kier molecular flexibility index (Phi) is 5.75. The fraction of sp³-hybridized carbons (Fsp3) is 0.250. The molecule has 0 radical (unpaired) electrons. The van der Waals surface area contributed by atoms with Crippen LogP contribution in [0.3, 0.4) is 0 Å². The lowest BCUT2D eigenvalue weighted by Gasteiger charge is -2.15. The molecule has 3 heterocycles. The van der Waals surface area contributed by atoms with Crippen molar-refractivity contribution in [3.63, 3.8) is 0 Å². The van der Waals surface area contributed by atoms with Gasteiger partial charge in [0.2, 0.25) is 5.91 Å². The van der Waals surface area contributed by atoms with E-state index in [1.54, 1.807) is 6.07 Å². The van der Waals surface area contributed by atoms with E-state index in [4.69, 9.17) is 5.26 Å². The van der Waals surface area contributed by atoms with Crippen LogP contribution in [0.4, 0.5) is 17.6 Å². The van der Waals surface area contributed by atoms with Gasteiger partial charge in [-0.3, -0.25) is 14.6 Å². The molecule has 3 aromatic rings. The number of aryl methyl sites for hydroxylation is 1. The number of fused-ring (bicyclic) bond motifs is 1. The molecule has 1 amide bonds. The molecule has 0 saturated heterocycles. The van der Waals surface area contributed by atoms with E-state index in [9.17, 15) is 27.2 Å². The molecule has 3 aromatic heterocycles. The number of rotatable bonds is 4. The molecule has 2 N–H and O–H groups in total. The highest BCUT2D eigenvalue weighted by molar-refractivity contribution is 5.83. The van der Waals surface area contributed by atoms with Crippen LogP contribution in [-0.4, -0.2) is 20.9 Å².